The van der Waals surface area contributed by atoms with Gasteiger partial charge in [-0.15, -0.1) is 24.0 Å². The van der Waals surface area contributed by atoms with E-state index in [2.05, 4.69) is 22.5 Å². The second-order valence-corrected chi connectivity index (χ2v) is 6.76. The average molecular weight is 521 g/mol. The number of methoxy groups -OCH3 is 1. The minimum absolute atomic E-state index is 0. The predicted molar refractivity (Wildman–Crippen MR) is 127 cm³/mol. The van der Waals surface area contributed by atoms with Gasteiger partial charge in [0.1, 0.15) is 6.10 Å². The van der Waals surface area contributed by atoms with E-state index in [1.807, 2.05) is 31.2 Å². The molecule has 7 nitrogen and oxygen atoms in total. The molecule has 8 heteroatoms. The number of nitrogens with one attached hydrogen (secondary N) is 2. The topological polar surface area (TPSA) is 73.3 Å². The zero-order valence-corrected chi connectivity index (χ0v) is 20.1. The molecule has 0 aliphatic carbocycles. The van der Waals surface area contributed by atoms with Gasteiger partial charge in [0.15, 0.2) is 17.5 Å². The van der Waals surface area contributed by atoms with Crippen LogP contribution in [0, 0.1) is 0 Å². The van der Waals surface area contributed by atoms with Crippen molar-refractivity contribution in [3.63, 3.8) is 0 Å². The van der Waals surface area contributed by atoms with E-state index in [0.29, 0.717) is 12.6 Å². The molecule has 1 fully saturated rings. The van der Waals surface area contributed by atoms with Crippen molar-refractivity contribution in [3.8, 4) is 11.5 Å². The highest BCUT2D eigenvalue weighted by molar-refractivity contribution is 14.0. The number of halogens is 1. The van der Waals surface area contributed by atoms with E-state index in [1.165, 1.54) is 0 Å². The average Bonchev–Trinajstić information content (AvgIpc) is 2.73. The lowest BCUT2D eigenvalue weighted by Crippen LogP contribution is -2.39. The predicted octanol–water partition coefficient (Wildman–Crippen LogP) is 3.22. The number of benzene rings is 1. The van der Waals surface area contributed by atoms with Gasteiger partial charge in [-0.05, 0) is 45.2 Å². The Morgan fingerprint density at radius 3 is 2.62 bits per heavy atom. The molecule has 0 bridgehead atoms. The first-order valence-electron chi connectivity index (χ1n) is 10.2. The zero-order chi connectivity index (χ0) is 20.0. The minimum Gasteiger partial charge on any atom is -0.493 e. The molecule has 2 N–H and O–H groups in total. The molecule has 0 aromatic heterocycles. The molecular weight excluding hydrogens is 485 g/mol. The van der Waals surface area contributed by atoms with Gasteiger partial charge in [0, 0.05) is 32.9 Å². The van der Waals surface area contributed by atoms with Crippen LogP contribution < -0.4 is 20.1 Å². The second kappa shape index (κ2) is 15.6. The molecule has 2 rings (SSSR count). The van der Waals surface area contributed by atoms with Gasteiger partial charge in [-0.3, -0.25) is 0 Å². The molecule has 1 aliphatic rings. The van der Waals surface area contributed by atoms with E-state index >= 15 is 0 Å². The van der Waals surface area contributed by atoms with Crippen molar-refractivity contribution in [1.82, 2.24) is 10.6 Å². The van der Waals surface area contributed by atoms with Gasteiger partial charge in [-0.1, -0.05) is 12.1 Å². The molecular formula is C21H36IN3O4. The SMILES string of the molecule is CCNC(=NCC(C)Oc1ccccc1OC)NCCCOC1CCOCC1.I. The summed E-state index contributed by atoms with van der Waals surface area (Å²) in [5, 5.41) is 6.62. The van der Waals surface area contributed by atoms with Gasteiger partial charge < -0.3 is 29.6 Å². The van der Waals surface area contributed by atoms with Crippen molar-refractivity contribution in [3.05, 3.63) is 24.3 Å². The Labute approximate surface area is 191 Å². The molecule has 0 saturated carbocycles. The lowest BCUT2D eigenvalue weighted by atomic mass is 10.1. The number of rotatable bonds is 11. The maximum atomic E-state index is 5.96. The molecule has 166 valence electrons. The number of hydrogen-bond donors (Lipinski definition) is 2. The van der Waals surface area contributed by atoms with Crippen molar-refractivity contribution < 1.29 is 18.9 Å². The number of guanidine groups is 1. The second-order valence-electron chi connectivity index (χ2n) is 6.76. The summed E-state index contributed by atoms with van der Waals surface area (Å²) in [6.45, 7) is 8.62. The Kier molecular flexibility index (Phi) is 13.8. The number of para-hydroxylation sites is 2. The largest absolute Gasteiger partial charge is 0.493 e. The minimum atomic E-state index is -0.0661. The highest BCUT2D eigenvalue weighted by atomic mass is 127. The van der Waals surface area contributed by atoms with Crippen LogP contribution in [0.5, 0.6) is 11.5 Å². The lowest BCUT2D eigenvalue weighted by Gasteiger charge is -2.22. The molecule has 1 saturated heterocycles. The van der Waals surface area contributed by atoms with Crippen LogP contribution in [-0.2, 0) is 9.47 Å². The van der Waals surface area contributed by atoms with E-state index in [1.54, 1.807) is 7.11 Å². The van der Waals surface area contributed by atoms with E-state index in [0.717, 1.165) is 69.6 Å². The van der Waals surface area contributed by atoms with Gasteiger partial charge in [0.25, 0.3) is 0 Å². The summed E-state index contributed by atoms with van der Waals surface area (Å²) in [6, 6.07) is 7.65. The Bertz CT molecular complexity index is 583. The van der Waals surface area contributed by atoms with Crippen molar-refractivity contribution in [2.75, 3.05) is 46.6 Å². The molecule has 0 amide bonds. The fourth-order valence-corrected chi connectivity index (χ4v) is 2.90. The summed E-state index contributed by atoms with van der Waals surface area (Å²) < 4.78 is 22.5. The Hall–Kier alpha value is -1.26. The van der Waals surface area contributed by atoms with Gasteiger partial charge in [0.2, 0.25) is 0 Å². The summed E-state index contributed by atoms with van der Waals surface area (Å²) in [5.74, 6) is 2.26. The number of hydrogen-bond acceptors (Lipinski definition) is 5. The summed E-state index contributed by atoms with van der Waals surface area (Å²) in [6.07, 6.45) is 3.23. The third-order valence-electron chi connectivity index (χ3n) is 4.38. The van der Waals surface area contributed by atoms with Crippen LogP contribution in [0.25, 0.3) is 0 Å². The quantitative estimate of drug-likeness (QED) is 0.202. The summed E-state index contributed by atoms with van der Waals surface area (Å²) >= 11 is 0. The van der Waals surface area contributed by atoms with Gasteiger partial charge in [0.05, 0.1) is 19.8 Å². The number of nitrogens with zero attached hydrogens (tertiary/aromatic N) is 1. The zero-order valence-electron chi connectivity index (χ0n) is 17.8. The van der Waals surface area contributed by atoms with Crippen LogP contribution in [-0.4, -0.2) is 64.7 Å². The van der Waals surface area contributed by atoms with Gasteiger partial charge >= 0.3 is 0 Å². The van der Waals surface area contributed by atoms with Crippen LogP contribution in [0.15, 0.2) is 29.3 Å². The fourth-order valence-electron chi connectivity index (χ4n) is 2.90. The van der Waals surface area contributed by atoms with Gasteiger partial charge in [-0.2, -0.15) is 0 Å². The van der Waals surface area contributed by atoms with E-state index in [9.17, 15) is 0 Å². The van der Waals surface area contributed by atoms with Crippen molar-refractivity contribution in [1.29, 1.82) is 0 Å². The van der Waals surface area contributed by atoms with Gasteiger partial charge in [-0.25, -0.2) is 4.99 Å². The normalized spacial score (nSPS) is 15.9. The van der Waals surface area contributed by atoms with E-state index in [4.69, 9.17) is 18.9 Å². The number of aliphatic imine (C=N–C) groups is 1. The first-order valence-corrected chi connectivity index (χ1v) is 10.2. The van der Waals surface area contributed by atoms with Crippen LogP contribution in [0.3, 0.4) is 0 Å². The molecule has 1 atom stereocenters. The first kappa shape index (κ1) is 25.8. The molecule has 1 aliphatic heterocycles. The standard InChI is InChI=1S/C21H35N3O4.HI/c1-4-22-21(23-12-7-13-27-18-10-14-26-15-11-18)24-16-17(2)28-20-9-6-5-8-19(20)25-3;/h5-6,8-9,17-18H,4,7,10-16H2,1-3H3,(H2,22,23,24);1H. The molecule has 1 heterocycles. The lowest BCUT2D eigenvalue weighted by molar-refractivity contribution is -0.0320. The Morgan fingerprint density at radius 1 is 1.21 bits per heavy atom. The highest BCUT2D eigenvalue weighted by Gasteiger charge is 2.13. The summed E-state index contributed by atoms with van der Waals surface area (Å²) in [5.41, 5.74) is 0. The highest BCUT2D eigenvalue weighted by Crippen LogP contribution is 2.26. The molecule has 1 unspecified atom stereocenters. The molecule has 0 spiro atoms. The van der Waals surface area contributed by atoms with Crippen molar-refractivity contribution in [2.24, 2.45) is 4.99 Å². The van der Waals surface area contributed by atoms with Crippen molar-refractivity contribution in [2.45, 2.75) is 45.3 Å². The van der Waals surface area contributed by atoms with Crippen LogP contribution in [0.4, 0.5) is 0 Å². The Morgan fingerprint density at radius 2 is 1.93 bits per heavy atom. The van der Waals surface area contributed by atoms with E-state index in [-0.39, 0.29) is 30.1 Å². The van der Waals surface area contributed by atoms with Crippen LogP contribution in [0.2, 0.25) is 0 Å². The van der Waals surface area contributed by atoms with Crippen LogP contribution in [0.1, 0.15) is 33.1 Å². The van der Waals surface area contributed by atoms with E-state index < -0.39 is 0 Å². The maximum Gasteiger partial charge on any atom is 0.191 e. The third kappa shape index (κ3) is 10.4. The molecule has 1 aromatic rings. The smallest absolute Gasteiger partial charge is 0.191 e. The molecule has 29 heavy (non-hydrogen) atoms. The number of ether oxygens (including phenoxy) is 4. The summed E-state index contributed by atoms with van der Waals surface area (Å²) in [4.78, 5) is 4.62. The third-order valence-corrected chi connectivity index (χ3v) is 4.38. The fraction of sp³-hybridized carbons (Fsp3) is 0.667. The molecule has 1 aromatic carbocycles. The Balaban J connectivity index is 0.00000420. The summed E-state index contributed by atoms with van der Waals surface area (Å²) in [7, 11) is 1.64. The monoisotopic (exact) mass is 521 g/mol. The van der Waals surface area contributed by atoms with Crippen molar-refractivity contribution >= 4 is 29.9 Å². The maximum absolute atomic E-state index is 5.96. The molecule has 0 radical (unpaired) electrons. The first-order chi connectivity index (χ1) is 13.7. The van der Waals surface area contributed by atoms with Crippen LogP contribution >= 0.6 is 24.0 Å².